The van der Waals surface area contributed by atoms with Crippen LogP contribution in [-0.2, 0) is 0 Å². The summed E-state index contributed by atoms with van der Waals surface area (Å²) in [4.78, 5) is 11.5. The molecule has 2 fully saturated rings. The van der Waals surface area contributed by atoms with Crippen LogP contribution in [0.1, 0.15) is 49.0 Å². The number of piperidine rings is 1. The summed E-state index contributed by atoms with van der Waals surface area (Å²) in [6.07, 6.45) is 8.23. The number of benzene rings is 1. The molecule has 1 saturated heterocycles. The van der Waals surface area contributed by atoms with Crippen LogP contribution in [0.3, 0.4) is 0 Å². The van der Waals surface area contributed by atoms with Gasteiger partial charge in [-0.25, -0.2) is 14.4 Å². The molecule has 0 bridgehead atoms. The molecule has 28 heavy (non-hydrogen) atoms. The lowest BCUT2D eigenvalue weighted by molar-refractivity contribution is 0.466. The third-order valence-corrected chi connectivity index (χ3v) is 5.70. The Labute approximate surface area is 163 Å². The van der Waals surface area contributed by atoms with E-state index in [-0.39, 0.29) is 5.82 Å². The fourth-order valence-corrected chi connectivity index (χ4v) is 4.06. The van der Waals surface area contributed by atoms with Gasteiger partial charge in [-0.05, 0) is 50.3 Å². The quantitative estimate of drug-likeness (QED) is 0.689. The molecule has 3 aromatic rings. The normalized spacial score (nSPS) is 19.8. The molecule has 7 heteroatoms. The molecule has 3 heterocycles. The van der Waals surface area contributed by atoms with Gasteiger partial charge in [-0.3, -0.25) is 0 Å². The SMILES string of the molecule is Cc1cnc(N2CCCC(c3nncn3C3CC3)C2)nc1-c1ccccc1F. The predicted octanol–water partition coefficient (Wildman–Crippen LogP) is 3.90. The van der Waals surface area contributed by atoms with E-state index in [4.69, 9.17) is 4.98 Å². The molecule has 144 valence electrons. The van der Waals surface area contributed by atoms with Crippen molar-refractivity contribution in [1.82, 2.24) is 24.7 Å². The van der Waals surface area contributed by atoms with Crippen molar-refractivity contribution >= 4 is 5.95 Å². The largest absolute Gasteiger partial charge is 0.340 e. The van der Waals surface area contributed by atoms with Gasteiger partial charge in [0.2, 0.25) is 5.95 Å². The summed E-state index contributed by atoms with van der Waals surface area (Å²) in [6.45, 7) is 3.63. The van der Waals surface area contributed by atoms with Crippen molar-refractivity contribution < 1.29 is 4.39 Å². The standard InChI is InChI=1S/C21H23FN6/c1-14-11-23-21(25-19(14)17-6-2-3-7-18(17)22)27-10-4-5-15(12-27)20-26-24-13-28(20)16-8-9-16/h2-3,6-7,11,13,15-16H,4-5,8-10,12H2,1H3. The third kappa shape index (κ3) is 3.15. The van der Waals surface area contributed by atoms with Crippen molar-refractivity contribution in [3.05, 3.63) is 54.0 Å². The van der Waals surface area contributed by atoms with Gasteiger partial charge in [0.1, 0.15) is 18.0 Å². The number of halogens is 1. The van der Waals surface area contributed by atoms with Crippen LogP contribution in [0.15, 0.2) is 36.8 Å². The monoisotopic (exact) mass is 378 g/mol. The van der Waals surface area contributed by atoms with Gasteiger partial charge in [0.25, 0.3) is 0 Å². The Morgan fingerprint density at radius 2 is 2.00 bits per heavy atom. The van der Waals surface area contributed by atoms with Crippen molar-refractivity contribution in [1.29, 1.82) is 0 Å². The average Bonchev–Trinajstić information content (AvgIpc) is 3.45. The summed E-state index contributed by atoms with van der Waals surface area (Å²) in [5.41, 5.74) is 2.05. The van der Waals surface area contributed by atoms with E-state index in [0.717, 1.165) is 37.3 Å². The number of rotatable bonds is 4. The molecular formula is C21H23FN6. The first kappa shape index (κ1) is 17.3. The van der Waals surface area contributed by atoms with E-state index in [1.165, 1.54) is 18.9 Å². The van der Waals surface area contributed by atoms with Gasteiger partial charge >= 0.3 is 0 Å². The first-order valence-electron chi connectivity index (χ1n) is 9.93. The van der Waals surface area contributed by atoms with Crippen molar-refractivity contribution in [3.8, 4) is 11.3 Å². The molecule has 1 aliphatic heterocycles. The summed E-state index contributed by atoms with van der Waals surface area (Å²) < 4.78 is 16.6. The second-order valence-electron chi connectivity index (χ2n) is 7.79. The lowest BCUT2D eigenvalue weighted by Gasteiger charge is -2.32. The first-order chi connectivity index (χ1) is 13.7. The maximum atomic E-state index is 14.3. The van der Waals surface area contributed by atoms with E-state index in [0.29, 0.717) is 29.2 Å². The summed E-state index contributed by atoms with van der Waals surface area (Å²) in [7, 11) is 0. The van der Waals surface area contributed by atoms with E-state index < -0.39 is 0 Å². The highest BCUT2D eigenvalue weighted by molar-refractivity contribution is 5.64. The fourth-order valence-electron chi connectivity index (χ4n) is 4.06. The van der Waals surface area contributed by atoms with Crippen LogP contribution < -0.4 is 4.90 Å². The molecule has 0 N–H and O–H groups in total. The Hall–Kier alpha value is -2.83. The molecule has 6 nitrogen and oxygen atoms in total. The molecule has 1 aromatic carbocycles. The van der Waals surface area contributed by atoms with Crippen LogP contribution in [-0.4, -0.2) is 37.8 Å². The summed E-state index contributed by atoms with van der Waals surface area (Å²) >= 11 is 0. The number of aromatic nitrogens is 5. The smallest absolute Gasteiger partial charge is 0.225 e. The number of nitrogens with zero attached hydrogens (tertiary/aromatic N) is 6. The van der Waals surface area contributed by atoms with Crippen molar-refractivity contribution in [2.24, 2.45) is 0 Å². The minimum Gasteiger partial charge on any atom is -0.340 e. The lowest BCUT2D eigenvalue weighted by atomic mass is 9.97. The molecule has 1 saturated carbocycles. The molecule has 5 rings (SSSR count). The molecule has 0 radical (unpaired) electrons. The highest BCUT2D eigenvalue weighted by Crippen LogP contribution is 2.38. The molecular weight excluding hydrogens is 355 g/mol. The van der Waals surface area contributed by atoms with Gasteiger partial charge in [-0.1, -0.05) is 12.1 Å². The number of hydrogen-bond donors (Lipinski definition) is 0. The maximum Gasteiger partial charge on any atom is 0.225 e. The van der Waals surface area contributed by atoms with Gasteiger partial charge in [-0.2, -0.15) is 0 Å². The molecule has 0 amide bonds. The van der Waals surface area contributed by atoms with Crippen LogP contribution in [0, 0.1) is 12.7 Å². The number of aryl methyl sites for hydroxylation is 1. The lowest BCUT2D eigenvalue weighted by Crippen LogP contribution is -2.36. The van der Waals surface area contributed by atoms with E-state index in [1.807, 2.05) is 19.3 Å². The Morgan fingerprint density at radius 1 is 1.14 bits per heavy atom. The van der Waals surface area contributed by atoms with E-state index in [2.05, 4.69) is 24.6 Å². The Kier molecular flexibility index (Phi) is 4.30. The Morgan fingerprint density at radius 3 is 2.82 bits per heavy atom. The van der Waals surface area contributed by atoms with Crippen molar-refractivity contribution in [2.75, 3.05) is 18.0 Å². The second kappa shape index (κ2) is 6.96. The van der Waals surface area contributed by atoms with Gasteiger partial charge in [0.05, 0.1) is 5.69 Å². The Balaban J connectivity index is 1.44. The van der Waals surface area contributed by atoms with Crippen LogP contribution in [0.5, 0.6) is 0 Å². The zero-order chi connectivity index (χ0) is 19.1. The first-order valence-corrected chi connectivity index (χ1v) is 9.93. The minimum atomic E-state index is -0.260. The van der Waals surface area contributed by atoms with Crippen LogP contribution in [0.4, 0.5) is 10.3 Å². The fraction of sp³-hybridized carbons (Fsp3) is 0.429. The van der Waals surface area contributed by atoms with E-state index in [1.54, 1.807) is 18.3 Å². The Bertz CT molecular complexity index is 996. The second-order valence-corrected chi connectivity index (χ2v) is 7.79. The molecule has 2 aliphatic rings. The van der Waals surface area contributed by atoms with Gasteiger partial charge in [0.15, 0.2) is 0 Å². The van der Waals surface area contributed by atoms with Crippen LogP contribution in [0.25, 0.3) is 11.3 Å². The molecule has 1 atom stereocenters. The molecule has 0 spiro atoms. The van der Waals surface area contributed by atoms with E-state index >= 15 is 0 Å². The van der Waals surface area contributed by atoms with Gasteiger partial charge in [-0.15, -0.1) is 10.2 Å². The van der Waals surface area contributed by atoms with Crippen molar-refractivity contribution in [3.63, 3.8) is 0 Å². The summed E-state index contributed by atoms with van der Waals surface area (Å²) in [5.74, 6) is 1.79. The predicted molar refractivity (Wildman–Crippen MR) is 105 cm³/mol. The topological polar surface area (TPSA) is 59.7 Å². The third-order valence-electron chi connectivity index (χ3n) is 5.70. The zero-order valence-electron chi connectivity index (χ0n) is 15.9. The van der Waals surface area contributed by atoms with E-state index in [9.17, 15) is 4.39 Å². The summed E-state index contributed by atoms with van der Waals surface area (Å²) in [5, 5.41) is 8.57. The average molecular weight is 378 g/mol. The highest BCUT2D eigenvalue weighted by atomic mass is 19.1. The number of anilines is 1. The zero-order valence-corrected chi connectivity index (χ0v) is 15.9. The van der Waals surface area contributed by atoms with Crippen LogP contribution in [0.2, 0.25) is 0 Å². The number of hydrogen-bond acceptors (Lipinski definition) is 5. The molecule has 1 aliphatic carbocycles. The van der Waals surface area contributed by atoms with Gasteiger partial charge in [0, 0.05) is 36.8 Å². The maximum absolute atomic E-state index is 14.3. The highest BCUT2D eigenvalue weighted by Gasteiger charge is 2.32. The van der Waals surface area contributed by atoms with Gasteiger partial charge < -0.3 is 9.47 Å². The van der Waals surface area contributed by atoms with Crippen molar-refractivity contribution in [2.45, 2.75) is 44.6 Å². The summed E-state index contributed by atoms with van der Waals surface area (Å²) in [6, 6.07) is 7.34. The molecule has 1 unspecified atom stereocenters. The van der Waals surface area contributed by atoms with Crippen LogP contribution >= 0.6 is 0 Å². The minimum absolute atomic E-state index is 0.260. The molecule has 2 aromatic heterocycles.